The Morgan fingerprint density at radius 2 is 1.66 bits per heavy atom. The Morgan fingerprint density at radius 1 is 0.943 bits per heavy atom. The first kappa shape index (κ1) is 25.4. The lowest BCUT2D eigenvalue weighted by molar-refractivity contribution is -0.129. The van der Waals surface area contributed by atoms with E-state index in [0.29, 0.717) is 6.10 Å². The van der Waals surface area contributed by atoms with E-state index in [9.17, 15) is 4.79 Å². The van der Waals surface area contributed by atoms with Crippen LogP contribution in [0.5, 0.6) is 11.5 Å². The molecule has 2 aromatic carbocycles. The first-order valence-corrected chi connectivity index (χ1v) is 13.2. The molecule has 3 aliphatic rings. The average molecular weight is 480 g/mol. The lowest BCUT2D eigenvalue weighted by Crippen LogP contribution is -2.48. The molecule has 0 unspecified atom stereocenters. The van der Waals surface area contributed by atoms with Crippen LogP contribution in [0.3, 0.4) is 0 Å². The van der Waals surface area contributed by atoms with Crippen molar-refractivity contribution in [1.29, 1.82) is 0 Å². The molecule has 0 bridgehead atoms. The number of benzene rings is 2. The molecule has 1 amide bonds. The Balaban J connectivity index is 0.000000201. The molecule has 6 heteroatoms. The van der Waals surface area contributed by atoms with Gasteiger partial charge < -0.3 is 19.3 Å². The molecule has 0 atom stereocenters. The summed E-state index contributed by atoms with van der Waals surface area (Å²) in [7, 11) is 1.68. The summed E-state index contributed by atoms with van der Waals surface area (Å²) in [6.45, 7) is 10.7. The molecule has 1 saturated heterocycles. The second kappa shape index (κ2) is 12.3. The second-order valence-corrected chi connectivity index (χ2v) is 9.74. The lowest BCUT2D eigenvalue weighted by atomic mass is 10.0. The number of hydrogen-bond acceptors (Lipinski definition) is 5. The Morgan fingerprint density at radius 3 is 2.31 bits per heavy atom. The number of amides is 1. The van der Waals surface area contributed by atoms with Crippen molar-refractivity contribution in [1.82, 2.24) is 9.80 Å². The number of nitrogens with zero attached hydrogens (tertiary/aromatic N) is 3. The molecule has 1 aliphatic carbocycles. The normalized spacial score (nSPS) is 18.5. The maximum Gasteiger partial charge on any atom is 0.219 e. The van der Waals surface area contributed by atoms with Crippen LogP contribution in [-0.2, 0) is 17.8 Å². The Labute approximate surface area is 210 Å². The lowest BCUT2D eigenvalue weighted by Gasteiger charge is -2.36. The van der Waals surface area contributed by atoms with Gasteiger partial charge in [-0.3, -0.25) is 9.69 Å². The van der Waals surface area contributed by atoms with Crippen LogP contribution in [0.2, 0.25) is 0 Å². The van der Waals surface area contributed by atoms with Gasteiger partial charge in [0, 0.05) is 57.9 Å². The van der Waals surface area contributed by atoms with Crippen LogP contribution in [0.1, 0.15) is 50.7 Å². The van der Waals surface area contributed by atoms with Gasteiger partial charge in [0.25, 0.3) is 0 Å². The van der Waals surface area contributed by atoms with Crippen molar-refractivity contribution >= 4 is 11.6 Å². The molecule has 1 saturated carbocycles. The van der Waals surface area contributed by atoms with Crippen molar-refractivity contribution in [2.75, 3.05) is 51.3 Å². The fraction of sp³-hybridized carbons (Fsp3) is 0.552. The van der Waals surface area contributed by atoms with Crippen molar-refractivity contribution in [3.05, 3.63) is 53.6 Å². The first-order chi connectivity index (χ1) is 17.1. The number of carbonyl (C=O) groups excluding carboxylic acids is 1. The van der Waals surface area contributed by atoms with E-state index in [0.717, 1.165) is 62.8 Å². The summed E-state index contributed by atoms with van der Waals surface area (Å²) in [6.07, 6.45) is 6.30. The summed E-state index contributed by atoms with van der Waals surface area (Å²) in [5.41, 5.74) is 4.20. The largest absolute Gasteiger partial charge is 0.493 e. The Bertz CT molecular complexity index is 965. The van der Waals surface area contributed by atoms with E-state index in [-0.39, 0.29) is 5.91 Å². The third kappa shape index (κ3) is 6.69. The van der Waals surface area contributed by atoms with E-state index in [1.165, 1.54) is 37.9 Å². The van der Waals surface area contributed by atoms with Gasteiger partial charge in [0.15, 0.2) is 11.5 Å². The molecular weight excluding hydrogens is 438 g/mol. The van der Waals surface area contributed by atoms with E-state index in [1.54, 1.807) is 19.6 Å². The quantitative estimate of drug-likeness (QED) is 0.619. The van der Waals surface area contributed by atoms with E-state index in [4.69, 9.17) is 9.47 Å². The van der Waals surface area contributed by atoms with E-state index in [1.807, 2.05) is 11.0 Å². The maximum absolute atomic E-state index is 11.4. The topological polar surface area (TPSA) is 45.2 Å². The van der Waals surface area contributed by atoms with Crippen molar-refractivity contribution in [3.8, 4) is 11.5 Å². The summed E-state index contributed by atoms with van der Waals surface area (Å²) in [5, 5.41) is 0. The van der Waals surface area contributed by atoms with Crippen LogP contribution in [-0.4, -0.2) is 68.2 Å². The Hall–Kier alpha value is -2.73. The number of piperazine rings is 1. The van der Waals surface area contributed by atoms with Gasteiger partial charge in [0.2, 0.25) is 5.91 Å². The van der Waals surface area contributed by atoms with Crippen LogP contribution < -0.4 is 14.4 Å². The van der Waals surface area contributed by atoms with Gasteiger partial charge in [-0.2, -0.15) is 0 Å². The fourth-order valence-electron chi connectivity index (χ4n) is 5.24. The predicted molar refractivity (Wildman–Crippen MR) is 141 cm³/mol. The predicted octanol–water partition coefficient (Wildman–Crippen LogP) is 4.75. The number of ether oxygens (including phenoxy) is 2. The standard InChI is InChI=1S/C18H26N2O3.C11H15N/c1-14(21)19-9-11-20(12-10-19)15-7-8-17(22-2)18(13-15)23-16-5-3-4-6-16;1-2-12-8-7-10-5-3-4-6-11(10)9-12/h7-8,13,16H,3-6,9-12H2,1-2H3;3-6H,2,7-9H2,1H3. The van der Waals surface area contributed by atoms with Crippen molar-refractivity contribution in [2.24, 2.45) is 0 Å². The average Bonchev–Trinajstić information content (AvgIpc) is 3.42. The summed E-state index contributed by atoms with van der Waals surface area (Å²) in [5.74, 6) is 1.79. The van der Waals surface area contributed by atoms with Crippen LogP contribution in [0, 0.1) is 0 Å². The van der Waals surface area contributed by atoms with Gasteiger partial charge in [0.1, 0.15) is 0 Å². The minimum Gasteiger partial charge on any atom is -0.493 e. The number of anilines is 1. The highest BCUT2D eigenvalue weighted by molar-refractivity contribution is 5.73. The highest BCUT2D eigenvalue weighted by Gasteiger charge is 2.22. The minimum absolute atomic E-state index is 0.157. The molecule has 5 rings (SSSR count). The van der Waals surface area contributed by atoms with Gasteiger partial charge in [0.05, 0.1) is 13.2 Å². The van der Waals surface area contributed by atoms with Crippen LogP contribution >= 0.6 is 0 Å². The van der Waals surface area contributed by atoms with Crippen molar-refractivity contribution in [2.45, 2.75) is 58.6 Å². The zero-order valence-electron chi connectivity index (χ0n) is 21.7. The number of carbonyl (C=O) groups is 1. The molecule has 0 N–H and O–H groups in total. The molecule has 0 spiro atoms. The number of rotatable bonds is 5. The highest BCUT2D eigenvalue weighted by atomic mass is 16.5. The summed E-state index contributed by atoms with van der Waals surface area (Å²) in [4.78, 5) is 18.1. The zero-order chi connectivity index (χ0) is 24.6. The first-order valence-electron chi connectivity index (χ1n) is 13.2. The van der Waals surface area contributed by atoms with E-state index >= 15 is 0 Å². The van der Waals surface area contributed by atoms with Crippen molar-refractivity contribution in [3.63, 3.8) is 0 Å². The van der Waals surface area contributed by atoms with Gasteiger partial charge in [-0.25, -0.2) is 0 Å². The molecule has 2 heterocycles. The molecule has 0 aromatic heterocycles. The molecule has 6 nitrogen and oxygen atoms in total. The fourth-order valence-corrected chi connectivity index (χ4v) is 5.24. The third-order valence-corrected chi connectivity index (χ3v) is 7.49. The maximum atomic E-state index is 11.4. The molecular formula is C29H41N3O3. The molecule has 0 radical (unpaired) electrons. The second-order valence-electron chi connectivity index (χ2n) is 9.74. The summed E-state index contributed by atoms with van der Waals surface area (Å²) >= 11 is 0. The molecule has 2 aromatic rings. The van der Waals surface area contributed by atoms with Crippen LogP contribution in [0.15, 0.2) is 42.5 Å². The van der Waals surface area contributed by atoms with Gasteiger partial charge in [-0.1, -0.05) is 31.2 Å². The number of hydrogen-bond donors (Lipinski definition) is 0. The molecule has 35 heavy (non-hydrogen) atoms. The zero-order valence-corrected chi connectivity index (χ0v) is 21.7. The molecule has 2 aliphatic heterocycles. The Kier molecular flexibility index (Phi) is 8.91. The minimum atomic E-state index is 0.157. The van der Waals surface area contributed by atoms with Gasteiger partial charge >= 0.3 is 0 Å². The van der Waals surface area contributed by atoms with E-state index < -0.39 is 0 Å². The van der Waals surface area contributed by atoms with Gasteiger partial charge in [-0.05, 0) is 61.9 Å². The number of likely N-dealkylation sites (N-methyl/N-ethyl adjacent to an activating group) is 1. The van der Waals surface area contributed by atoms with Crippen LogP contribution in [0.4, 0.5) is 5.69 Å². The molecule has 190 valence electrons. The smallest absolute Gasteiger partial charge is 0.219 e. The monoisotopic (exact) mass is 479 g/mol. The third-order valence-electron chi connectivity index (χ3n) is 7.49. The summed E-state index contributed by atoms with van der Waals surface area (Å²) < 4.78 is 11.6. The van der Waals surface area contributed by atoms with Crippen molar-refractivity contribution < 1.29 is 14.3 Å². The molecule has 2 fully saturated rings. The SMILES string of the molecule is CCN1CCc2ccccc2C1.COc1ccc(N2CCN(C(C)=O)CC2)cc1OC1CCCC1. The van der Waals surface area contributed by atoms with Gasteiger partial charge in [-0.15, -0.1) is 0 Å². The number of methoxy groups -OCH3 is 1. The van der Waals surface area contributed by atoms with Crippen LogP contribution in [0.25, 0.3) is 0 Å². The number of fused-ring (bicyclic) bond motifs is 1. The summed E-state index contributed by atoms with van der Waals surface area (Å²) in [6, 6.07) is 14.9. The highest BCUT2D eigenvalue weighted by Crippen LogP contribution is 2.35. The van der Waals surface area contributed by atoms with E-state index in [2.05, 4.69) is 53.1 Å².